The number of hydrogen-bond donors (Lipinski definition) is 3. The minimum absolute atomic E-state index is 0.00594. The highest BCUT2D eigenvalue weighted by atomic mass is 16.6. The second-order valence-corrected chi connectivity index (χ2v) is 14.1. The lowest BCUT2D eigenvalue weighted by molar-refractivity contribution is -0.187. The Morgan fingerprint density at radius 1 is 1.08 bits per heavy atom. The second-order valence-electron chi connectivity index (χ2n) is 14.1. The number of rotatable bonds is 10. The van der Waals surface area contributed by atoms with E-state index in [1.807, 2.05) is 13.0 Å². The van der Waals surface area contributed by atoms with E-state index in [0.717, 1.165) is 31.1 Å². The molecule has 6 nitrogen and oxygen atoms in total. The molecule has 0 spiro atoms. The number of hydrogen-bond acceptors (Lipinski definition) is 6. The summed E-state index contributed by atoms with van der Waals surface area (Å²) in [6, 6.07) is 0. The number of carbonyl (C=O) groups excluding carboxylic acids is 2. The van der Waals surface area contributed by atoms with Gasteiger partial charge in [-0.05, 0) is 55.1 Å². The number of esters is 1. The van der Waals surface area contributed by atoms with Gasteiger partial charge < -0.3 is 20.1 Å². The molecule has 0 aromatic rings. The standard InChI is InChI=1S/C32H48O6/c1-19-13-23(19)11-9-7-6-8-10-12-26(34)38-31-16-21(3)32(37)24(27(31)29(31,4)5)15-22(18-33)17-30(36)25(32)14-20(2)28(30)35/h14-15,19,21,23-25,27,33,36-37H,6-13,16-18H2,1-5H3/t19-,21+,23-,24+,25+,27+,30+,31-,32+/m0/s1. The van der Waals surface area contributed by atoms with E-state index in [9.17, 15) is 24.9 Å². The van der Waals surface area contributed by atoms with Crippen LogP contribution >= 0.6 is 0 Å². The van der Waals surface area contributed by atoms with Gasteiger partial charge in [0, 0.05) is 36.0 Å². The molecule has 9 atom stereocenters. The van der Waals surface area contributed by atoms with E-state index in [2.05, 4.69) is 20.8 Å². The minimum Gasteiger partial charge on any atom is -0.458 e. The molecule has 3 N–H and O–H groups in total. The zero-order valence-corrected chi connectivity index (χ0v) is 24.0. The Balaban J connectivity index is 1.27. The fraction of sp³-hybridized carbons (Fsp3) is 0.812. The number of carbonyl (C=O) groups is 2. The molecule has 5 aliphatic rings. The van der Waals surface area contributed by atoms with Gasteiger partial charge in [-0.25, -0.2) is 0 Å². The molecule has 0 aromatic heterocycles. The van der Waals surface area contributed by atoms with Crippen LogP contribution in [-0.2, 0) is 14.3 Å². The lowest BCUT2D eigenvalue weighted by Crippen LogP contribution is -2.61. The van der Waals surface area contributed by atoms with Gasteiger partial charge in [0.15, 0.2) is 5.78 Å². The Labute approximate surface area is 227 Å². The third-order valence-corrected chi connectivity index (χ3v) is 11.4. The Bertz CT molecular complexity index is 1040. The number of unbranched alkanes of at least 4 members (excludes halogenated alkanes) is 4. The molecule has 5 aliphatic carbocycles. The van der Waals surface area contributed by atoms with Crippen LogP contribution in [0.5, 0.6) is 0 Å². The third kappa shape index (κ3) is 4.16. The average Bonchev–Trinajstić information content (AvgIpc) is 3.66. The third-order valence-electron chi connectivity index (χ3n) is 11.4. The number of fused-ring (bicyclic) bond motifs is 5. The van der Waals surface area contributed by atoms with Gasteiger partial charge in [0.1, 0.15) is 11.2 Å². The second kappa shape index (κ2) is 9.55. The first-order valence-electron chi connectivity index (χ1n) is 15.0. The molecular weight excluding hydrogens is 480 g/mol. The van der Waals surface area contributed by atoms with Crippen molar-refractivity contribution in [2.45, 2.75) is 116 Å². The maximum absolute atomic E-state index is 13.1. The zero-order chi connectivity index (χ0) is 27.7. The van der Waals surface area contributed by atoms with Gasteiger partial charge in [0.05, 0.1) is 12.2 Å². The van der Waals surface area contributed by atoms with E-state index in [4.69, 9.17) is 4.74 Å². The van der Waals surface area contributed by atoms with Gasteiger partial charge in [-0.1, -0.05) is 72.0 Å². The summed E-state index contributed by atoms with van der Waals surface area (Å²) in [7, 11) is 0. The van der Waals surface area contributed by atoms with Gasteiger partial charge >= 0.3 is 5.97 Å². The summed E-state index contributed by atoms with van der Waals surface area (Å²) < 4.78 is 6.31. The van der Waals surface area contributed by atoms with E-state index in [-0.39, 0.29) is 42.0 Å². The van der Waals surface area contributed by atoms with Crippen molar-refractivity contribution in [3.63, 3.8) is 0 Å². The zero-order valence-electron chi connectivity index (χ0n) is 24.0. The molecule has 0 bridgehead atoms. The van der Waals surface area contributed by atoms with Crippen molar-refractivity contribution in [1.82, 2.24) is 0 Å². The van der Waals surface area contributed by atoms with Crippen LogP contribution in [0.4, 0.5) is 0 Å². The van der Waals surface area contributed by atoms with E-state index in [0.29, 0.717) is 24.0 Å². The van der Waals surface area contributed by atoms with E-state index in [1.165, 1.54) is 25.7 Å². The van der Waals surface area contributed by atoms with Crippen LogP contribution in [-0.4, -0.2) is 50.5 Å². The Kier molecular flexibility index (Phi) is 7.05. The maximum Gasteiger partial charge on any atom is 0.306 e. The molecule has 0 aliphatic heterocycles. The molecule has 0 aromatic carbocycles. The SMILES string of the molecule is CC1=C[C@H]2[C@@]3(O)[C@H](C)C[C@]4(OC(=O)CCCCCCC[C@H]5C[C@@H]5C)[C@H]([C@H]3C=C(CO)C[C@]2(O)C1=O)C4(C)C. The topological polar surface area (TPSA) is 104 Å². The highest BCUT2D eigenvalue weighted by Gasteiger charge is 2.83. The predicted octanol–water partition coefficient (Wildman–Crippen LogP) is 4.90. The molecule has 6 heteroatoms. The van der Waals surface area contributed by atoms with Crippen LogP contribution < -0.4 is 0 Å². The average molecular weight is 529 g/mol. The number of aliphatic hydroxyl groups is 3. The molecule has 3 saturated carbocycles. The number of aliphatic hydroxyl groups excluding tert-OH is 1. The van der Waals surface area contributed by atoms with Gasteiger partial charge in [0.25, 0.3) is 0 Å². The number of Topliss-reactive ketones (excluding diaryl/α,β-unsaturated/α-hetero) is 1. The Morgan fingerprint density at radius 2 is 1.74 bits per heavy atom. The molecular formula is C32H48O6. The van der Waals surface area contributed by atoms with E-state index in [1.54, 1.807) is 13.0 Å². The van der Waals surface area contributed by atoms with Crippen molar-refractivity contribution in [2.24, 2.45) is 40.9 Å². The van der Waals surface area contributed by atoms with Crippen molar-refractivity contribution in [3.8, 4) is 0 Å². The molecule has 0 amide bonds. The summed E-state index contributed by atoms with van der Waals surface area (Å²) in [4.78, 5) is 26.1. The molecule has 0 radical (unpaired) electrons. The Morgan fingerprint density at radius 3 is 2.39 bits per heavy atom. The molecule has 0 unspecified atom stereocenters. The fourth-order valence-corrected chi connectivity index (χ4v) is 8.86. The highest BCUT2D eigenvalue weighted by molar-refractivity contribution is 6.04. The normalized spacial score (nSPS) is 44.3. The quantitative estimate of drug-likeness (QED) is 0.212. The Hall–Kier alpha value is -1.50. The first-order chi connectivity index (χ1) is 17.8. The first-order valence-corrected chi connectivity index (χ1v) is 15.0. The summed E-state index contributed by atoms with van der Waals surface area (Å²) in [5.74, 6) is -0.359. The van der Waals surface area contributed by atoms with Crippen LogP contribution in [0.15, 0.2) is 23.3 Å². The van der Waals surface area contributed by atoms with Crippen molar-refractivity contribution < 1.29 is 29.6 Å². The highest BCUT2D eigenvalue weighted by Crippen LogP contribution is 2.76. The largest absolute Gasteiger partial charge is 0.458 e. The van der Waals surface area contributed by atoms with Gasteiger partial charge in [0.2, 0.25) is 0 Å². The molecule has 212 valence electrons. The number of ketones is 1. The lowest BCUT2D eigenvalue weighted by atomic mass is 9.60. The monoisotopic (exact) mass is 528 g/mol. The summed E-state index contributed by atoms with van der Waals surface area (Å²) in [6.45, 7) is 9.86. The summed E-state index contributed by atoms with van der Waals surface area (Å²) in [6.07, 6.45) is 12.8. The maximum atomic E-state index is 13.1. The summed E-state index contributed by atoms with van der Waals surface area (Å²) >= 11 is 0. The predicted molar refractivity (Wildman–Crippen MR) is 145 cm³/mol. The molecule has 3 fully saturated rings. The summed E-state index contributed by atoms with van der Waals surface area (Å²) in [5, 5.41) is 34.1. The van der Waals surface area contributed by atoms with E-state index >= 15 is 0 Å². The fourth-order valence-electron chi connectivity index (χ4n) is 8.86. The lowest BCUT2D eigenvalue weighted by Gasteiger charge is -2.50. The van der Waals surface area contributed by atoms with Crippen molar-refractivity contribution in [1.29, 1.82) is 0 Å². The van der Waals surface area contributed by atoms with Crippen molar-refractivity contribution in [2.75, 3.05) is 6.61 Å². The molecule has 0 saturated heterocycles. The number of ether oxygens (including phenoxy) is 1. The van der Waals surface area contributed by atoms with Crippen LogP contribution in [0.3, 0.4) is 0 Å². The molecule has 38 heavy (non-hydrogen) atoms. The van der Waals surface area contributed by atoms with Gasteiger partial charge in [-0.3, -0.25) is 9.59 Å². The smallest absolute Gasteiger partial charge is 0.306 e. The van der Waals surface area contributed by atoms with Crippen LogP contribution in [0, 0.1) is 40.9 Å². The first kappa shape index (κ1) is 28.0. The van der Waals surface area contributed by atoms with Crippen LogP contribution in [0.25, 0.3) is 0 Å². The van der Waals surface area contributed by atoms with E-state index < -0.39 is 28.6 Å². The van der Waals surface area contributed by atoms with Gasteiger partial charge in [-0.15, -0.1) is 0 Å². The summed E-state index contributed by atoms with van der Waals surface area (Å²) in [5.41, 5.74) is -3.19. The minimum atomic E-state index is -1.76. The van der Waals surface area contributed by atoms with Crippen molar-refractivity contribution >= 4 is 11.8 Å². The molecule has 5 rings (SSSR count). The molecule has 0 heterocycles. The van der Waals surface area contributed by atoms with Crippen molar-refractivity contribution in [3.05, 3.63) is 23.3 Å². The van der Waals surface area contributed by atoms with Gasteiger partial charge in [-0.2, -0.15) is 0 Å². The van der Waals surface area contributed by atoms with Crippen LogP contribution in [0.2, 0.25) is 0 Å². The van der Waals surface area contributed by atoms with Crippen LogP contribution in [0.1, 0.15) is 98.8 Å².